The molecule has 6 nitrogen and oxygen atoms in total. The third-order valence-corrected chi connectivity index (χ3v) is 6.54. The van der Waals surface area contributed by atoms with Crippen LogP contribution in [0.3, 0.4) is 0 Å². The second-order valence-electron chi connectivity index (χ2n) is 7.51. The van der Waals surface area contributed by atoms with Gasteiger partial charge in [0.2, 0.25) is 5.88 Å². The maximum atomic E-state index is 13.3. The Bertz CT molecular complexity index is 1550. The fourth-order valence-electron chi connectivity index (χ4n) is 3.44. The van der Waals surface area contributed by atoms with Gasteiger partial charge in [0.05, 0.1) is 11.4 Å². The van der Waals surface area contributed by atoms with E-state index in [1.807, 2.05) is 0 Å². The fraction of sp³-hybridized carbons (Fsp3) is 0.0400. The number of thiocarbonyl (C=S) groups is 1. The Labute approximate surface area is 207 Å². The molecule has 1 aliphatic heterocycles. The summed E-state index contributed by atoms with van der Waals surface area (Å²) in [6.07, 6.45) is 2.96. The Morgan fingerprint density at radius 2 is 1.66 bits per heavy atom. The van der Waals surface area contributed by atoms with E-state index in [0.29, 0.717) is 15.5 Å². The van der Waals surface area contributed by atoms with Gasteiger partial charge >= 0.3 is 0 Å². The van der Waals surface area contributed by atoms with Crippen molar-refractivity contribution in [2.24, 2.45) is 0 Å². The van der Waals surface area contributed by atoms with Gasteiger partial charge in [-0.1, -0.05) is 42.2 Å². The summed E-state index contributed by atoms with van der Waals surface area (Å²) in [6.45, 7) is 0.163. The number of benzene rings is 2. The molecule has 0 atom stereocenters. The van der Waals surface area contributed by atoms with Gasteiger partial charge in [-0.3, -0.25) is 18.9 Å². The molecule has 0 saturated carbocycles. The number of fused-ring (bicyclic) bond motifs is 1. The van der Waals surface area contributed by atoms with E-state index in [1.54, 1.807) is 36.5 Å². The Morgan fingerprint density at radius 3 is 2.37 bits per heavy atom. The van der Waals surface area contributed by atoms with Crippen molar-refractivity contribution in [1.82, 2.24) is 14.3 Å². The third-order valence-electron chi connectivity index (χ3n) is 5.17. The number of amides is 1. The molecule has 0 bridgehead atoms. The number of carbonyl (C=O) groups excluding carboxylic acids is 1. The lowest BCUT2D eigenvalue weighted by Gasteiger charge is -2.14. The van der Waals surface area contributed by atoms with Crippen molar-refractivity contribution >= 4 is 45.9 Å². The molecule has 1 aliphatic rings. The standard InChI is InChI=1S/C25H15F2N3O3S2/c26-16-6-4-15(5-7-16)14-30-24(32)20(35-25(30)34)13-19-22(33-18-10-8-17(27)9-11-18)28-21-3-1-2-12-29(21)23(19)31/h1-13H,14H2/b20-13+. The number of hydrogen-bond donors (Lipinski definition) is 0. The largest absolute Gasteiger partial charge is 0.438 e. The molecule has 0 spiro atoms. The summed E-state index contributed by atoms with van der Waals surface area (Å²) in [5.41, 5.74) is 0.643. The molecule has 0 aliphatic carbocycles. The Balaban J connectivity index is 1.54. The highest BCUT2D eigenvalue weighted by Crippen LogP contribution is 2.35. The van der Waals surface area contributed by atoms with Crippen LogP contribution in [0, 0.1) is 11.6 Å². The molecule has 2 aromatic heterocycles. The first kappa shape index (κ1) is 22.9. The molecule has 35 heavy (non-hydrogen) atoms. The van der Waals surface area contributed by atoms with Crippen molar-refractivity contribution in [2.75, 3.05) is 0 Å². The first-order valence-corrected chi connectivity index (χ1v) is 11.6. The lowest BCUT2D eigenvalue weighted by molar-refractivity contribution is -0.122. The highest BCUT2D eigenvalue weighted by Gasteiger charge is 2.33. The fourth-order valence-corrected chi connectivity index (χ4v) is 4.67. The van der Waals surface area contributed by atoms with E-state index in [1.165, 1.54) is 51.8 Å². The number of pyridine rings is 1. The molecule has 4 aromatic rings. The summed E-state index contributed by atoms with van der Waals surface area (Å²) in [5.74, 6) is -0.964. The Morgan fingerprint density at radius 1 is 0.971 bits per heavy atom. The molecule has 3 heterocycles. The SMILES string of the molecule is O=C1/C(=C\c2c(Oc3ccc(F)cc3)nc3ccccn3c2=O)SC(=S)N1Cc1ccc(F)cc1. The van der Waals surface area contributed by atoms with Crippen LogP contribution in [0.4, 0.5) is 8.78 Å². The Hall–Kier alpha value is -3.89. The van der Waals surface area contributed by atoms with Crippen LogP contribution in [-0.2, 0) is 11.3 Å². The van der Waals surface area contributed by atoms with Gasteiger partial charge in [0.1, 0.15) is 32.9 Å². The molecule has 0 N–H and O–H groups in total. The van der Waals surface area contributed by atoms with Crippen LogP contribution >= 0.6 is 24.0 Å². The number of halogens is 2. The van der Waals surface area contributed by atoms with Gasteiger partial charge in [-0.05, 0) is 60.2 Å². The number of hydrogen-bond acceptors (Lipinski definition) is 6. The summed E-state index contributed by atoms with van der Waals surface area (Å²) in [4.78, 5) is 32.5. The summed E-state index contributed by atoms with van der Waals surface area (Å²) < 4.78 is 34.0. The number of thioether (sulfide) groups is 1. The zero-order chi connectivity index (χ0) is 24.5. The quantitative estimate of drug-likeness (QED) is 0.275. The minimum atomic E-state index is -0.448. The van der Waals surface area contributed by atoms with E-state index in [0.717, 1.165) is 11.8 Å². The highest BCUT2D eigenvalue weighted by molar-refractivity contribution is 8.26. The van der Waals surface area contributed by atoms with E-state index in [4.69, 9.17) is 17.0 Å². The molecular weight excluding hydrogens is 492 g/mol. The van der Waals surface area contributed by atoms with Crippen LogP contribution in [0.25, 0.3) is 11.7 Å². The van der Waals surface area contributed by atoms with Crippen molar-refractivity contribution in [3.8, 4) is 11.6 Å². The predicted molar refractivity (Wildman–Crippen MR) is 133 cm³/mol. The molecule has 2 aromatic carbocycles. The lowest BCUT2D eigenvalue weighted by Crippen LogP contribution is -2.27. The van der Waals surface area contributed by atoms with Crippen LogP contribution in [0.15, 0.2) is 82.6 Å². The van der Waals surface area contributed by atoms with E-state index in [-0.39, 0.29) is 34.5 Å². The van der Waals surface area contributed by atoms with Gasteiger partial charge in [0, 0.05) is 6.20 Å². The van der Waals surface area contributed by atoms with Crippen LogP contribution in [0.5, 0.6) is 11.6 Å². The molecule has 0 unspecified atom stereocenters. The molecule has 1 amide bonds. The van der Waals surface area contributed by atoms with E-state index in [9.17, 15) is 18.4 Å². The molecule has 1 saturated heterocycles. The second-order valence-corrected chi connectivity index (χ2v) is 9.19. The number of aromatic nitrogens is 2. The number of rotatable bonds is 5. The lowest BCUT2D eigenvalue weighted by atomic mass is 10.2. The maximum absolute atomic E-state index is 13.3. The molecular formula is C25H15F2N3O3S2. The van der Waals surface area contributed by atoms with Gasteiger partial charge in [-0.25, -0.2) is 8.78 Å². The summed E-state index contributed by atoms with van der Waals surface area (Å²) in [5, 5.41) is 0. The first-order valence-electron chi connectivity index (χ1n) is 10.3. The van der Waals surface area contributed by atoms with Crippen molar-refractivity contribution < 1.29 is 18.3 Å². The van der Waals surface area contributed by atoms with Crippen LogP contribution in [0.2, 0.25) is 0 Å². The van der Waals surface area contributed by atoms with Crippen LogP contribution < -0.4 is 10.3 Å². The number of carbonyl (C=O) groups is 1. The first-order chi connectivity index (χ1) is 16.9. The van der Waals surface area contributed by atoms with E-state index in [2.05, 4.69) is 4.98 Å². The number of ether oxygens (including phenoxy) is 1. The minimum absolute atomic E-state index is 0.0309. The van der Waals surface area contributed by atoms with Crippen molar-refractivity contribution in [1.29, 1.82) is 0 Å². The average Bonchev–Trinajstić information content (AvgIpc) is 3.11. The average molecular weight is 508 g/mol. The van der Waals surface area contributed by atoms with E-state index >= 15 is 0 Å². The van der Waals surface area contributed by atoms with Crippen LogP contribution in [-0.4, -0.2) is 24.5 Å². The van der Waals surface area contributed by atoms with Gasteiger partial charge in [0.15, 0.2) is 0 Å². The van der Waals surface area contributed by atoms with Gasteiger partial charge < -0.3 is 4.74 Å². The molecule has 174 valence electrons. The maximum Gasteiger partial charge on any atom is 0.269 e. The summed E-state index contributed by atoms with van der Waals surface area (Å²) in [7, 11) is 0. The highest BCUT2D eigenvalue weighted by atomic mass is 32.2. The minimum Gasteiger partial charge on any atom is -0.438 e. The van der Waals surface area contributed by atoms with Gasteiger partial charge in [-0.2, -0.15) is 4.98 Å². The van der Waals surface area contributed by atoms with Crippen molar-refractivity contribution in [3.05, 3.63) is 111 Å². The Kier molecular flexibility index (Phi) is 6.14. The zero-order valence-electron chi connectivity index (χ0n) is 17.9. The summed E-state index contributed by atoms with van der Waals surface area (Å²) in [6, 6.07) is 16.1. The predicted octanol–water partition coefficient (Wildman–Crippen LogP) is 5.17. The topological polar surface area (TPSA) is 63.9 Å². The normalized spacial score (nSPS) is 14.8. The zero-order valence-corrected chi connectivity index (χ0v) is 19.5. The van der Waals surface area contributed by atoms with Crippen LogP contribution in [0.1, 0.15) is 11.1 Å². The number of nitrogens with zero attached hydrogens (tertiary/aromatic N) is 3. The van der Waals surface area contributed by atoms with E-state index < -0.39 is 17.3 Å². The smallest absolute Gasteiger partial charge is 0.269 e. The van der Waals surface area contributed by atoms with Crippen molar-refractivity contribution in [2.45, 2.75) is 6.54 Å². The molecule has 5 rings (SSSR count). The second kappa shape index (κ2) is 9.40. The molecule has 1 fully saturated rings. The monoisotopic (exact) mass is 507 g/mol. The van der Waals surface area contributed by atoms with Crippen molar-refractivity contribution in [3.63, 3.8) is 0 Å². The third kappa shape index (κ3) is 4.71. The van der Waals surface area contributed by atoms with Gasteiger partial charge in [-0.15, -0.1) is 0 Å². The molecule has 10 heteroatoms. The van der Waals surface area contributed by atoms with Gasteiger partial charge in [0.25, 0.3) is 11.5 Å². The molecule has 0 radical (unpaired) electrons. The summed E-state index contributed by atoms with van der Waals surface area (Å²) >= 11 is 6.43.